The highest BCUT2D eigenvalue weighted by molar-refractivity contribution is 6.31. The van der Waals surface area contributed by atoms with Crippen molar-refractivity contribution >= 4 is 17.8 Å². The molecule has 0 aromatic heterocycles. The van der Waals surface area contributed by atoms with Gasteiger partial charge in [-0.3, -0.25) is 0 Å². The van der Waals surface area contributed by atoms with Crippen LogP contribution in [0.4, 0.5) is 4.79 Å². The highest BCUT2D eigenvalue weighted by Crippen LogP contribution is 2.50. The lowest BCUT2D eigenvalue weighted by molar-refractivity contribution is -0.305. The molecule has 2 aliphatic heterocycles. The van der Waals surface area contributed by atoms with Crippen molar-refractivity contribution in [2.45, 2.75) is 50.8 Å². The second-order valence-electron chi connectivity index (χ2n) is 8.15. The lowest BCUT2D eigenvalue weighted by Gasteiger charge is -2.40. The number of hydrogen-bond donors (Lipinski definition) is 0. The number of methoxy groups -OCH3 is 1. The lowest BCUT2D eigenvalue weighted by Crippen LogP contribution is -2.48. The first-order valence-corrected chi connectivity index (χ1v) is 11.5. The first-order valence-electron chi connectivity index (χ1n) is 11.1. The summed E-state index contributed by atoms with van der Waals surface area (Å²) in [4.78, 5) is 12.0. The van der Waals surface area contributed by atoms with Gasteiger partial charge in [0.05, 0.1) is 13.2 Å². The standard InChI is InChI=1S/C25H29ClO7/c1-4-29-20-9-6-17(7-10-20)12-18-13-19(8-11-22(18)26)25-15-21(32-23(27)30-5-2)14-24(28-3,33-25)16-31-25/h6-11,13,21H,4-5,12,14-16H2,1-3H3. The van der Waals surface area contributed by atoms with E-state index in [-0.39, 0.29) is 13.2 Å². The van der Waals surface area contributed by atoms with Crippen molar-refractivity contribution in [2.75, 3.05) is 26.9 Å². The summed E-state index contributed by atoms with van der Waals surface area (Å²) in [7, 11) is 1.56. The number of halogens is 1. The summed E-state index contributed by atoms with van der Waals surface area (Å²) in [6.45, 7) is 4.78. The van der Waals surface area contributed by atoms with Crippen LogP contribution in [0.1, 0.15) is 43.4 Å². The maximum atomic E-state index is 12.0. The van der Waals surface area contributed by atoms with E-state index in [0.717, 1.165) is 22.4 Å². The minimum absolute atomic E-state index is 0.225. The molecule has 0 aliphatic carbocycles. The normalized spacial score (nSPS) is 26.1. The number of carbonyl (C=O) groups excluding carboxylic acids is 1. The molecule has 2 bridgehead atoms. The third-order valence-electron chi connectivity index (χ3n) is 5.92. The Morgan fingerprint density at radius 3 is 2.61 bits per heavy atom. The summed E-state index contributed by atoms with van der Waals surface area (Å²) in [5, 5.41) is 0.648. The van der Waals surface area contributed by atoms with Gasteiger partial charge in [0, 0.05) is 30.5 Å². The van der Waals surface area contributed by atoms with Gasteiger partial charge in [0.25, 0.3) is 0 Å². The Morgan fingerprint density at radius 1 is 1.12 bits per heavy atom. The molecular formula is C25H29ClO7. The predicted octanol–water partition coefficient (Wildman–Crippen LogP) is 5.21. The van der Waals surface area contributed by atoms with Gasteiger partial charge < -0.3 is 28.4 Å². The van der Waals surface area contributed by atoms with Gasteiger partial charge in [-0.05, 0) is 55.7 Å². The number of carbonyl (C=O) groups is 1. The summed E-state index contributed by atoms with van der Waals surface area (Å²) in [6, 6.07) is 13.6. The summed E-state index contributed by atoms with van der Waals surface area (Å²) < 4.78 is 34.2. The summed E-state index contributed by atoms with van der Waals surface area (Å²) >= 11 is 6.54. The maximum Gasteiger partial charge on any atom is 0.508 e. The molecule has 2 aromatic rings. The average Bonchev–Trinajstić information content (AvgIpc) is 3.09. The molecule has 2 heterocycles. The van der Waals surface area contributed by atoms with E-state index < -0.39 is 23.8 Å². The Labute approximate surface area is 198 Å². The van der Waals surface area contributed by atoms with E-state index >= 15 is 0 Å². The van der Waals surface area contributed by atoms with Crippen molar-refractivity contribution in [3.63, 3.8) is 0 Å². The Kier molecular flexibility index (Phi) is 7.14. The van der Waals surface area contributed by atoms with Crippen molar-refractivity contribution in [2.24, 2.45) is 0 Å². The summed E-state index contributed by atoms with van der Waals surface area (Å²) in [5.41, 5.74) is 2.83. The third-order valence-corrected chi connectivity index (χ3v) is 6.29. The maximum absolute atomic E-state index is 12.0. The number of rotatable bonds is 8. The van der Waals surface area contributed by atoms with Gasteiger partial charge >= 0.3 is 6.16 Å². The van der Waals surface area contributed by atoms with Crippen LogP contribution in [0.3, 0.4) is 0 Å². The predicted molar refractivity (Wildman–Crippen MR) is 121 cm³/mol. The van der Waals surface area contributed by atoms with Gasteiger partial charge in [0.2, 0.25) is 5.79 Å². The van der Waals surface area contributed by atoms with E-state index in [1.54, 1.807) is 14.0 Å². The fraction of sp³-hybridized carbons (Fsp3) is 0.480. The zero-order chi connectivity index (χ0) is 23.5. The van der Waals surface area contributed by atoms with Crippen LogP contribution in [0.5, 0.6) is 5.75 Å². The Morgan fingerprint density at radius 2 is 1.91 bits per heavy atom. The summed E-state index contributed by atoms with van der Waals surface area (Å²) in [6.07, 6.45) is 0.119. The minimum atomic E-state index is -1.11. The number of ether oxygens (including phenoxy) is 6. The van der Waals surface area contributed by atoms with E-state index in [9.17, 15) is 4.79 Å². The van der Waals surface area contributed by atoms with Crippen LogP contribution in [0.25, 0.3) is 0 Å². The van der Waals surface area contributed by atoms with Crippen molar-refractivity contribution in [3.05, 3.63) is 64.2 Å². The Balaban J connectivity index is 1.58. The quantitative estimate of drug-likeness (QED) is 0.484. The molecule has 0 N–H and O–H groups in total. The van der Waals surface area contributed by atoms with E-state index in [4.69, 9.17) is 40.0 Å². The first kappa shape index (κ1) is 23.8. The molecule has 4 rings (SSSR count). The average molecular weight is 477 g/mol. The van der Waals surface area contributed by atoms with Gasteiger partial charge in [-0.25, -0.2) is 4.79 Å². The molecule has 7 nitrogen and oxygen atoms in total. The molecule has 0 amide bonds. The molecule has 2 aromatic carbocycles. The topological polar surface area (TPSA) is 72.5 Å². The SMILES string of the molecule is CCOC(=O)OC1CC2(OC)COC(c3ccc(Cl)c(Cc4ccc(OCC)cc4)c3)(C1)O2. The first-order chi connectivity index (χ1) is 15.9. The molecule has 2 saturated heterocycles. The van der Waals surface area contributed by atoms with E-state index in [0.29, 0.717) is 30.9 Å². The molecule has 2 fully saturated rings. The third kappa shape index (κ3) is 5.11. The smallest absolute Gasteiger partial charge is 0.494 e. The second-order valence-corrected chi connectivity index (χ2v) is 8.56. The van der Waals surface area contributed by atoms with E-state index in [1.807, 2.05) is 49.4 Å². The zero-order valence-electron chi connectivity index (χ0n) is 19.1. The van der Waals surface area contributed by atoms with Gasteiger partial charge in [-0.15, -0.1) is 0 Å². The van der Waals surface area contributed by atoms with E-state index in [2.05, 4.69) is 0 Å². The van der Waals surface area contributed by atoms with Crippen molar-refractivity contribution in [3.8, 4) is 5.75 Å². The highest BCUT2D eigenvalue weighted by atomic mass is 35.5. The Bertz CT molecular complexity index is 979. The number of hydrogen-bond acceptors (Lipinski definition) is 7. The van der Waals surface area contributed by atoms with Crippen LogP contribution in [-0.2, 0) is 35.9 Å². The van der Waals surface area contributed by atoms with Crippen molar-refractivity contribution in [1.82, 2.24) is 0 Å². The van der Waals surface area contributed by atoms with Gasteiger partial charge in [-0.1, -0.05) is 29.8 Å². The molecule has 3 atom stereocenters. The molecule has 0 saturated carbocycles. The molecule has 0 spiro atoms. The van der Waals surface area contributed by atoms with Crippen LogP contribution in [0.2, 0.25) is 5.02 Å². The fourth-order valence-corrected chi connectivity index (χ4v) is 4.54. The van der Waals surface area contributed by atoms with Gasteiger partial charge in [0.1, 0.15) is 18.5 Å². The van der Waals surface area contributed by atoms with Crippen LogP contribution >= 0.6 is 11.6 Å². The zero-order valence-corrected chi connectivity index (χ0v) is 19.9. The highest BCUT2D eigenvalue weighted by Gasteiger charge is 2.59. The minimum Gasteiger partial charge on any atom is -0.494 e. The van der Waals surface area contributed by atoms with E-state index in [1.165, 1.54) is 0 Å². The van der Waals surface area contributed by atoms with Gasteiger partial charge in [-0.2, -0.15) is 0 Å². The molecule has 8 heteroatoms. The van der Waals surface area contributed by atoms with Crippen molar-refractivity contribution < 1.29 is 33.2 Å². The molecule has 2 aliphatic rings. The summed E-state index contributed by atoms with van der Waals surface area (Å²) in [5.74, 6) is -1.27. The van der Waals surface area contributed by atoms with Crippen LogP contribution in [0, 0.1) is 0 Å². The molecule has 3 unspecified atom stereocenters. The second kappa shape index (κ2) is 9.89. The largest absolute Gasteiger partial charge is 0.508 e. The van der Waals surface area contributed by atoms with Crippen LogP contribution in [-0.4, -0.2) is 45.0 Å². The fourth-order valence-electron chi connectivity index (χ4n) is 4.36. The van der Waals surface area contributed by atoms with Crippen LogP contribution < -0.4 is 4.74 Å². The molecule has 0 radical (unpaired) electrons. The monoisotopic (exact) mass is 476 g/mol. The number of fused-ring (bicyclic) bond motifs is 2. The molecular weight excluding hydrogens is 448 g/mol. The Hall–Kier alpha value is -2.32. The number of benzene rings is 2. The van der Waals surface area contributed by atoms with Gasteiger partial charge in [0.15, 0.2) is 5.79 Å². The van der Waals surface area contributed by atoms with Crippen LogP contribution in [0.15, 0.2) is 42.5 Å². The lowest BCUT2D eigenvalue weighted by atomic mass is 9.91. The van der Waals surface area contributed by atoms with Crippen molar-refractivity contribution in [1.29, 1.82) is 0 Å². The molecule has 178 valence electrons. The molecule has 33 heavy (non-hydrogen) atoms.